The number of hydrogen-bond acceptors (Lipinski definition) is 1. The summed E-state index contributed by atoms with van der Waals surface area (Å²) in [6, 6.07) is 19.8. The zero-order valence-corrected chi connectivity index (χ0v) is 17.9. The van der Waals surface area contributed by atoms with Gasteiger partial charge in [-0.05, 0) is 50.3 Å². The lowest BCUT2D eigenvalue weighted by Crippen LogP contribution is -3.00. The van der Waals surface area contributed by atoms with E-state index in [0.717, 1.165) is 18.2 Å². The molecule has 0 spiro atoms. The summed E-state index contributed by atoms with van der Waals surface area (Å²) >= 11 is 0. The monoisotopic (exact) mass is 417 g/mol. The maximum Gasteiger partial charge on any atom is 0.129 e. The molecule has 1 aliphatic rings. The molecule has 0 saturated carbocycles. The van der Waals surface area contributed by atoms with Gasteiger partial charge in [-0.1, -0.05) is 48.5 Å². The van der Waals surface area contributed by atoms with E-state index in [-0.39, 0.29) is 23.1 Å². The number of halogens is 1. The van der Waals surface area contributed by atoms with Gasteiger partial charge >= 0.3 is 0 Å². The van der Waals surface area contributed by atoms with Crippen LogP contribution in [0.3, 0.4) is 0 Å². The minimum Gasteiger partial charge on any atom is -1.00 e. The third-order valence-electron chi connectivity index (χ3n) is 6.04. The van der Waals surface area contributed by atoms with Crippen LogP contribution >= 0.6 is 0 Å². The van der Waals surface area contributed by atoms with Crippen LogP contribution < -0.4 is 21.7 Å². The molecule has 3 unspecified atom stereocenters. The number of nitrogens with zero attached hydrogens (tertiary/aromatic N) is 1. The Morgan fingerprint density at radius 1 is 1.04 bits per heavy atom. The normalized spacial score (nSPS) is 23.7. The summed E-state index contributed by atoms with van der Waals surface area (Å²) in [7, 11) is 2.43. The maximum absolute atomic E-state index is 6.49. The summed E-state index contributed by atoms with van der Waals surface area (Å²) < 4.78 is 7.67. The predicted octanol–water partition coefficient (Wildman–Crippen LogP) is 2.53. The summed E-state index contributed by atoms with van der Waals surface area (Å²) in [5, 5.41) is 0. The highest BCUT2D eigenvalue weighted by Gasteiger charge is 2.33. The first kappa shape index (κ1) is 21.0. The van der Waals surface area contributed by atoms with E-state index < -0.39 is 0 Å². The molecule has 3 atom stereocenters. The maximum atomic E-state index is 6.49. The number of piperidine rings is 1. The van der Waals surface area contributed by atoms with E-state index in [1.54, 1.807) is 0 Å². The first-order chi connectivity index (χ1) is 12.1. The van der Waals surface area contributed by atoms with Crippen molar-refractivity contribution in [2.45, 2.75) is 51.7 Å². The number of aryl methyl sites for hydroxylation is 1. The van der Waals surface area contributed by atoms with E-state index in [9.17, 15) is 0 Å². The summed E-state index contributed by atoms with van der Waals surface area (Å²) in [5.41, 5.74) is 2.48. The van der Waals surface area contributed by atoms with Crippen LogP contribution in [0.2, 0.25) is 0 Å². The number of quaternary nitrogens is 1. The molecule has 2 aromatic carbocycles. The van der Waals surface area contributed by atoms with Crippen molar-refractivity contribution >= 4 is 0 Å². The molecule has 2 nitrogen and oxygen atoms in total. The van der Waals surface area contributed by atoms with E-state index in [0.29, 0.717) is 0 Å². The lowest BCUT2D eigenvalue weighted by molar-refractivity contribution is -0.936. The Bertz CT molecular complexity index is 675. The van der Waals surface area contributed by atoms with Crippen LogP contribution in [0, 0.1) is 6.92 Å². The topological polar surface area (TPSA) is 9.23 Å². The molecule has 0 bridgehead atoms. The van der Waals surface area contributed by atoms with E-state index in [1.165, 1.54) is 48.0 Å². The average Bonchev–Trinajstić information content (AvgIpc) is 2.63. The van der Waals surface area contributed by atoms with Crippen LogP contribution in [0.5, 0.6) is 5.75 Å². The largest absolute Gasteiger partial charge is 1.00 e. The molecule has 0 radical (unpaired) electrons. The summed E-state index contributed by atoms with van der Waals surface area (Å²) in [6.07, 6.45) is 5.27. The minimum atomic E-state index is 0. The average molecular weight is 418 g/mol. The summed E-state index contributed by atoms with van der Waals surface area (Å²) in [6.45, 7) is 7.01. The Balaban J connectivity index is 0.00000243. The Labute approximate surface area is 169 Å². The van der Waals surface area contributed by atoms with Gasteiger partial charge in [0.05, 0.1) is 26.2 Å². The Kier molecular flexibility index (Phi) is 7.72. The molecule has 26 heavy (non-hydrogen) atoms. The summed E-state index contributed by atoms with van der Waals surface area (Å²) in [5.74, 6) is 1.01. The molecule has 0 aromatic heterocycles. The third-order valence-corrected chi connectivity index (χ3v) is 6.04. The van der Waals surface area contributed by atoms with Crippen LogP contribution in [-0.4, -0.2) is 30.7 Å². The molecule has 0 N–H and O–H groups in total. The first-order valence-corrected chi connectivity index (χ1v) is 9.70. The van der Waals surface area contributed by atoms with Gasteiger partial charge in [0.25, 0.3) is 0 Å². The van der Waals surface area contributed by atoms with Gasteiger partial charge in [-0.25, -0.2) is 0 Å². The Hall–Kier alpha value is -1.32. The molecule has 3 heteroatoms. The van der Waals surface area contributed by atoms with Gasteiger partial charge in [0.1, 0.15) is 11.9 Å². The van der Waals surface area contributed by atoms with Crippen molar-refractivity contribution in [1.29, 1.82) is 0 Å². The van der Waals surface area contributed by atoms with Crippen molar-refractivity contribution in [3.05, 3.63) is 65.7 Å². The fraction of sp³-hybridized carbons (Fsp3) is 0.478. The molecule has 1 aliphatic heterocycles. The molecule has 1 fully saturated rings. The molecular formula is C23H32BrNO. The van der Waals surface area contributed by atoms with Gasteiger partial charge in [-0.2, -0.15) is 0 Å². The summed E-state index contributed by atoms with van der Waals surface area (Å²) in [4.78, 5) is 0. The molecular weight excluding hydrogens is 386 g/mol. The molecule has 0 amide bonds. The highest BCUT2D eigenvalue weighted by molar-refractivity contribution is 5.33. The molecule has 1 saturated heterocycles. The van der Waals surface area contributed by atoms with Crippen molar-refractivity contribution in [3.63, 3.8) is 0 Å². The minimum absolute atomic E-state index is 0. The Morgan fingerprint density at radius 3 is 2.42 bits per heavy atom. The molecule has 3 rings (SSSR count). The molecule has 0 aliphatic carbocycles. The van der Waals surface area contributed by atoms with Crippen molar-refractivity contribution in [2.75, 3.05) is 20.1 Å². The van der Waals surface area contributed by atoms with E-state index >= 15 is 0 Å². The third kappa shape index (κ3) is 5.11. The van der Waals surface area contributed by atoms with Crippen LogP contribution in [-0.2, 0) is 0 Å². The van der Waals surface area contributed by atoms with E-state index in [4.69, 9.17) is 4.74 Å². The smallest absolute Gasteiger partial charge is 0.129 e. The van der Waals surface area contributed by atoms with Crippen LogP contribution in [0.1, 0.15) is 49.8 Å². The van der Waals surface area contributed by atoms with E-state index in [1.807, 2.05) is 0 Å². The van der Waals surface area contributed by atoms with Gasteiger partial charge in [-0.3, -0.25) is 0 Å². The molecule has 2 aromatic rings. The number of hydrogen-bond donors (Lipinski definition) is 0. The van der Waals surface area contributed by atoms with Crippen LogP contribution in [0.25, 0.3) is 0 Å². The standard InChI is InChI=1S/C23H32NO.BrH/c1-19-11-7-8-15-22(19)25-23(21-13-5-4-6-14-21)16-18-24(3)17-10-9-12-20(24)2;/h4-8,11,13-15,20,23H,9-10,12,16-18H2,1-3H3;1H/q+1;/p-1. The SMILES string of the molecule is Cc1ccccc1OC(CC[N+]1(C)CCCCC1C)c1ccccc1.[Br-]. The fourth-order valence-electron chi connectivity index (χ4n) is 3.99. The zero-order chi connectivity index (χ0) is 17.7. The van der Waals surface area contributed by atoms with Crippen molar-refractivity contribution in [1.82, 2.24) is 0 Å². The number of likely N-dealkylation sites (tertiary alicyclic amines) is 1. The van der Waals surface area contributed by atoms with Crippen molar-refractivity contribution < 1.29 is 26.2 Å². The Morgan fingerprint density at radius 2 is 1.73 bits per heavy atom. The highest BCUT2D eigenvalue weighted by Crippen LogP contribution is 2.30. The number of ether oxygens (including phenoxy) is 1. The van der Waals surface area contributed by atoms with Crippen LogP contribution in [0.15, 0.2) is 54.6 Å². The highest BCUT2D eigenvalue weighted by atomic mass is 79.9. The second kappa shape index (κ2) is 9.57. The van der Waals surface area contributed by atoms with E-state index in [2.05, 4.69) is 75.5 Å². The van der Waals surface area contributed by atoms with Gasteiger partial charge in [0, 0.05) is 6.42 Å². The van der Waals surface area contributed by atoms with Crippen LogP contribution in [0.4, 0.5) is 0 Å². The lowest BCUT2D eigenvalue weighted by atomic mass is 9.98. The molecule has 142 valence electrons. The number of rotatable bonds is 6. The first-order valence-electron chi connectivity index (χ1n) is 9.70. The van der Waals surface area contributed by atoms with Gasteiger partial charge < -0.3 is 26.2 Å². The second-order valence-corrected chi connectivity index (χ2v) is 7.84. The fourth-order valence-corrected chi connectivity index (χ4v) is 3.99. The quantitative estimate of drug-likeness (QED) is 0.656. The van der Waals surface area contributed by atoms with Crippen molar-refractivity contribution in [3.8, 4) is 5.75 Å². The van der Waals surface area contributed by atoms with Crippen molar-refractivity contribution in [2.24, 2.45) is 0 Å². The second-order valence-electron chi connectivity index (χ2n) is 7.84. The number of para-hydroxylation sites is 1. The van der Waals surface area contributed by atoms with Gasteiger partial charge in [0.15, 0.2) is 0 Å². The van der Waals surface area contributed by atoms with Gasteiger partial charge in [0.2, 0.25) is 0 Å². The lowest BCUT2D eigenvalue weighted by Gasteiger charge is -2.44. The van der Waals surface area contributed by atoms with Gasteiger partial charge in [-0.15, -0.1) is 0 Å². The number of benzene rings is 2. The predicted molar refractivity (Wildman–Crippen MR) is 105 cm³/mol. The molecule has 1 heterocycles. The zero-order valence-electron chi connectivity index (χ0n) is 16.3.